The molecular weight excluding hydrogens is 320 g/mol. The van der Waals surface area contributed by atoms with Crippen LogP contribution in [0.1, 0.15) is 24.0 Å². The average molecular weight is 343 g/mol. The molecule has 1 saturated heterocycles. The predicted molar refractivity (Wildman–Crippen MR) is 99.3 cm³/mol. The van der Waals surface area contributed by atoms with E-state index < -0.39 is 0 Å². The lowest BCUT2D eigenvalue weighted by Crippen LogP contribution is -2.37. The zero-order valence-electron chi connectivity index (χ0n) is 14.0. The maximum absolute atomic E-state index is 12.4. The van der Waals surface area contributed by atoms with E-state index in [-0.39, 0.29) is 11.8 Å². The van der Waals surface area contributed by atoms with Crippen molar-refractivity contribution < 1.29 is 4.79 Å². The minimum atomic E-state index is 0.0812. The van der Waals surface area contributed by atoms with Gasteiger partial charge in [-0.25, -0.2) is 0 Å². The number of hydrogen-bond donors (Lipinski definition) is 1. The molecule has 3 nitrogen and oxygen atoms in total. The highest BCUT2D eigenvalue weighted by molar-refractivity contribution is 6.30. The molecular formula is C20H23ClN2O. The summed E-state index contributed by atoms with van der Waals surface area (Å²) in [7, 11) is 0. The molecule has 2 aromatic carbocycles. The first kappa shape index (κ1) is 17.0. The van der Waals surface area contributed by atoms with Gasteiger partial charge in [0.1, 0.15) is 0 Å². The van der Waals surface area contributed by atoms with E-state index in [1.54, 1.807) is 12.1 Å². The first-order chi connectivity index (χ1) is 11.6. The Hall–Kier alpha value is -1.84. The summed E-state index contributed by atoms with van der Waals surface area (Å²) in [5.74, 6) is 0.185. The van der Waals surface area contributed by atoms with E-state index in [4.69, 9.17) is 11.6 Å². The molecule has 0 aliphatic carbocycles. The SMILES string of the molecule is Cc1cccc(CN2CCC(C(=O)Nc3cccc(Cl)c3)CC2)c1. The summed E-state index contributed by atoms with van der Waals surface area (Å²) in [6.07, 6.45) is 1.80. The van der Waals surface area contributed by atoms with Gasteiger partial charge in [-0.15, -0.1) is 0 Å². The lowest BCUT2D eigenvalue weighted by Gasteiger charge is -2.31. The number of hydrogen-bond acceptors (Lipinski definition) is 2. The largest absolute Gasteiger partial charge is 0.326 e. The van der Waals surface area contributed by atoms with Crippen molar-refractivity contribution in [2.75, 3.05) is 18.4 Å². The van der Waals surface area contributed by atoms with Gasteiger partial charge in [-0.2, -0.15) is 0 Å². The number of piperidine rings is 1. The van der Waals surface area contributed by atoms with Gasteiger partial charge < -0.3 is 5.32 Å². The Morgan fingerprint density at radius 2 is 1.92 bits per heavy atom. The van der Waals surface area contributed by atoms with Gasteiger partial charge in [0.25, 0.3) is 0 Å². The Morgan fingerprint density at radius 1 is 1.17 bits per heavy atom. The maximum atomic E-state index is 12.4. The van der Waals surface area contributed by atoms with Gasteiger partial charge in [-0.05, 0) is 56.6 Å². The van der Waals surface area contributed by atoms with Crippen LogP contribution in [0.25, 0.3) is 0 Å². The summed E-state index contributed by atoms with van der Waals surface area (Å²) >= 11 is 5.96. The summed E-state index contributed by atoms with van der Waals surface area (Å²) in [5.41, 5.74) is 3.41. The number of amides is 1. The number of nitrogens with one attached hydrogen (secondary N) is 1. The zero-order valence-corrected chi connectivity index (χ0v) is 14.7. The smallest absolute Gasteiger partial charge is 0.227 e. The normalized spacial score (nSPS) is 16.1. The summed E-state index contributed by atoms with van der Waals surface area (Å²) < 4.78 is 0. The van der Waals surface area contributed by atoms with Crippen molar-refractivity contribution in [1.29, 1.82) is 0 Å². The van der Waals surface area contributed by atoms with Gasteiger partial charge in [0, 0.05) is 23.2 Å². The average Bonchev–Trinajstić information content (AvgIpc) is 2.55. The third kappa shape index (κ3) is 4.59. The van der Waals surface area contributed by atoms with E-state index >= 15 is 0 Å². The van der Waals surface area contributed by atoms with Crippen molar-refractivity contribution in [3.8, 4) is 0 Å². The number of carbonyl (C=O) groups excluding carboxylic acids is 1. The van der Waals surface area contributed by atoms with Crippen molar-refractivity contribution in [3.63, 3.8) is 0 Å². The number of anilines is 1. The van der Waals surface area contributed by atoms with Gasteiger partial charge in [0.2, 0.25) is 5.91 Å². The fourth-order valence-electron chi connectivity index (χ4n) is 3.23. The topological polar surface area (TPSA) is 32.3 Å². The summed E-state index contributed by atoms with van der Waals surface area (Å²) in [6, 6.07) is 15.9. The molecule has 1 aliphatic heterocycles. The minimum Gasteiger partial charge on any atom is -0.326 e. The molecule has 0 aromatic heterocycles. The molecule has 1 aliphatic rings. The highest BCUT2D eigenvalue weighted by atomic mass is 35.5. The Kier molecular flexibility index (Phi) is 5.54. The van der Waals surface area contributed by atoms with Crippen LogP contribution in [-0.4, -0.2) is 23.9 Å². The molecule has 0 unspecified atom stereocenters. The van der Waals surface area contributed by atoms with E-state index in [9.17, 15) is 4.79 Å². The van der Waals surface area contributed by atoms with Crippen LogP contribution in [0.4, 0.5) is 5.69 Å². The molecule has 0 radical (unpaired) electrons. The van der Waals surface area contributed by atoms with E-state index in [0.29, 0.717) is 5.02 Å². The molecule has 1 amide bonds. The lowest BCUT2D eigenvalue weighted by molar-refractivity contribution is -0.121. The van der Waals surface area contributed by atoms with Crippen molar-refractivity contribution in [2.24, 2.45) is 5.92 Å². The third-order valence-electron chi connectivity index (χ3n) is 4.54. The molecule has 126 valence electrons. The molecule has 1 fully saturated rings. The second kappa shape index (κ2) is 7.82. The molecule has 1 N–H and O–H groups in total. The number of carbonyl (C=O) groups is 1. The maximum Gasteiger partial charge on any atom is 0.227 e. The lowest BCUT2D eigenvalue weighted by atomic mass is 9.95. The third-order valence-corrected chi connectivity index (χ3v) is 4.77. The quantitative estimate of drug-likeness (QED) is 0.887. The van der Waals surface area contributed by atoms with Crippen LogP contribution in [0.15, 0.2) is 48.5 Å². The van der Waals surface area contributed by atoms with Crippen molar-refractivity contribution in [2.45, 2.75) is 26.3 Å². The van der Waals surface area contributed by atoms with Gasteiger partial charge in [-0.3, -0.25) is 9.69 Å². The molecule has 0 saturated carbocycles. The monoisotopic (exact) mass is 342 g/mol. The standard InChI is InChI=1S/C20H23ClN2O/c1-15-4-2-5-16(12-15)14-23-10-8-17(9-11-23)20(24)22-19-7-3-6-18(21)13-19/h2-7,12-13,17H,8-11,14H2,1H3,(H,22,24). The van der Waals surface area contributed by atoms with E-state index in [2.05, 4.69) is 41.4 Å². The van der Waals surface area contributed by atoms with Crippen LogP contribution < -0.4 is 5.32 Å². The van der Waals surface area contributed by atoms with Crippen LogP contribution in [0.5, 0.6) is 0 Å². The highest BCUT2D eigenvalue weighted by Gasteiger charge is 2.25. The summed E-state index contributed by atoms with van der Waals surface area (Å²) in [5, 5.41) is 3.62. The van der Waals surface area contributed by atoms with Gasteiger partial charge in [0.05, 0.1) is 0 Å². The number of rotatable bonds is 4. The van der Waals surface area contributed by atoms with Gasteiger partial charge in [-0.1, -0.05) is 47.5 Å². The van der Waals surface area contributed by atoms with Crippen LogP contribution in [0, 0.1) is 12.8 Å². The van der Waals surface area contributed by atoms with Gasteiger partial charge in [0.15, 0.2) is 0 Å². The molecule has 0 atom stereocenters. The molecule has 2 aromatic rings. The Bertz CT molecular complexity index is 708. The van der Waals surface area contributed by atoms with Crippen molar-refractivity contribution in [1.82, 2.24) is 4.90 Å². The van der Waals surface area contributed by atoms with Crippen LogP contribution in [-0.2, 0) is 11.3 Å². The molecule has 0 bridgehead atoms. The molecule has 3 rings (SSSR count). The van der Waals surface area contributed by atoms with Crippen LogP contribution in [0.3, 0.4) is 0 Å². The van der Waals surface area contributed by atoms with Crippen molar-refractivity contribution in [3.05, 3.63) is 64.7 Å². The fourth-order valence-corrected chi connectivity index (χ4v) is 3.42. The molecule has 1 heterocycles. The van der Waals surface area contributed by atoms with Crippen molar-refractivity contribution >= 4 is 23.2 Å². The number of benzene rings is 2. The van der Waals surface area contributed by atoms with Crippen LogP contribution >= 0.6 is 11.6 Å². The van der Waals surface area contributed by atoms with Crippen LogP contribution in [0.2, 0.25) is 5.02 Å². The second-order valence-corrected chi connectivity index (χ2v) is 6.98. The number of aryl methyl sites for hydroxylation is 1. The zero-order chi connectivity index (χ0) is 16.9. The first-order valence-electron chi connectivity index (χ1n) is 8.44. The highest BCUT2D eigenvalue weighted by Crippen LogP contribution is 2.22. The van der Waals surface area contributed by atoms with Gasteiger partial charge >= 0.3 is 0 Å². The van der Waals surface area contributed by atoms with E-state index in [0.717, 1.165) is 38.2 Å². The van der Waals surface area contributed by atoms with E-state index in [1.165, 1.54) is 11.1 Å². The molecule has 4 heteroatoms. The Labute approximate surface area is 148 Å². The number of likely N-dealkylation sites (tertiary alicyclic amines) is 1. The van der Waals surface area contributed by atoms with E-state index in [1.807, 2.05) is 12.1 Å². The number of halogens is 1. The summed E-state index contributed by atoms with van der Waals surface area (Å²) in [4.78, 5) is 14.8. The first-order valence-corrected chi connectivity index (χ1v) is 8.82. The predicted octanol–water partition coefficient (Wildman–Crippen LogP) is 4.50. The molecule has 24 heavy (non-hydrogen) atoms. The Balaban J connectivity index is 1.50. The number of nitrogens with zero attached hydrogens (tertiary/aromatic N) is 1. The minimum absolute atomic E-state index is 0.0812. The second-order valence-electron chi connectivity index (χ2n) is 6.54. The fraction of sp³-hybridized carbons (Fsp3) is 0.350. The summed E-state index contributed by atoms with van der Waals surface area (Å²) in [6.45, 7) is 5.00. The Morgan fingerprint density at radius 3 is 2.62 bits per heavy atom. The molecule has 0 spiro atoms.